The molecule has 0 aromatic rings. The van der Waals surface area contributed by atoms with E-state index in [2.05, 4.69) is 20.4 Å². The molecule has 0 amide bonds. The van der Waals surface area contributed by atoms with Gasteiger partial charge in [-0.05, 0) is 49.9 Å². The highest BCUT2D eigenvalue weighted by Gasteiger charge is 2.63. The summed E-state index contributed by atoms with van der Waals surface area (Å²) >= 11 is 0. The Balaban J connectivity index is 1.95. The molecule has 4 aliphatic rings. The summed E-state index contributed by atoms with van der Waals surface area (Å²) in [6.07, 6.45) is 7.52. The van der Waals surface area contributed by atoms with Crippen LogP contribution in [0.5, 0.6) is 0 Å². The average molecular weight is 234 g/mol. The molecule has 0 N–H and O–H groups in total. The second-order valence-electron chi connectivity index (χ2n) is 6.89. The molecule has 0 heterocycles. The van der Waals surface area contributed by atoms with Gasteiger partial charge in [-0.2, -0.15) is 0 Å². The van der Waals surface area contributed by atoms with Crippen molar-refractivity contribution in [1.29, 1.82) is 0 Å². The van der Waals surface area contributed by atoms with Crippen molar-refractivity contribution in [2.45, 2.75) is 51.6 Å². The molecule has 17 heavy (non-hydrogen) atoms. The molecular formula is C15H22O2. The molecule has 2 unspecified atom stereocenters. The number of carbonyl (C=O) groups excluding carboxylic acids is 1. The van der Waals surface area contributed by atoms with Crippen molar-refractivity contribution in [2.75, 3.05) is 0 Å². The Labute approximate surface area is 103 Å². The van der Waals surface area contributed by atoms with E-state index < -0.39 is 0 Å². The third-order valence-electron chi connectivity index (χ3n) is 5.80. The first-order valence-corrected chi connectivity index (χ1v) is 6.82. The molecule has 0 aromatic heterocycles. The van der Waals surface area contributed by atoms with Gasteiger partial charge in [0.05, 0.1) is 0 Å². The van der Waals surface area contributed by atoms with E-state index in [1.807, 2.05) is 0 Å². The highest BCUT2D eigenvalue weighted by atomic mass is 16.6. The summed E-state index contributed by atoms with van der Waals surface area (Å²) in [5, 5.41) is 0. The summed E-state index contributed by atoms with van der Waals surface area (Å²) in [7, 11) is 0. The van der Waals surface area contributed by atoms with Gasteiger partial charge in [0, 0.05) is 11.5 Å². The Kier molecular flexibility index (Phi) is 2.24. The van der Waals surface area contributed by atoms with Gasteiger partial charge in [-0.25, -0.2) is 4.79 Å². The Hall–Kier alpha value is -0.790. The number of carbonyl (C=O) groups is 1. The molecule has 0 aromatic carbocycles. The van der Waals surface area contributed by atoms with Crippen LogP contribution in [0.2, 0.25) is 0 Å². The molecule has 0 spiro atoms. The van der Waals surface area contributed by atoms with Crippen LogP contribution in [0.15, 0.2) is 12.7 Å². The second-order valence-corrected chi connectivity index (χ2v) is 6.89. The first-order valence-electron chi connectivity index (χ1n) is 6.82. The summed E-state index contributed by atoms with van der Waals surface area (Å²) in [6, 6.07) is 0. The van der Waals surface area contributed by atoms with Gasteiger partial charge < -0.3 is 4.74 Å². The molecule has 0 radical (unpaired) electrons. The minimum atomic E-state index is -0.236. The molecule has 2 nitrogen and oxygen atoms in total. The number of hydrogen-bond acceptors (Lipinski definition) is 2. The third kappa shape index (κ3) is 1.42. The number of hydrogen-bond donors (Lipinski definition) is 0. The molecule has 4 bridgehead atoms. The predicted octanol–water partition coefficient (Wildman–Crippen LogP) is 3.32. The summed E-state index contributed by atoms with van der Waals surface area (Å²) < 4.78 is 5.86. The fourth-order valence-corrected chi connectivity index (χ4v) is 4.85. The van der Waals surface area contributed by atoms with Gasteiger partial charge in [0.25, 0.3) is 0 Å². The Morgan fingerprint density at radius 2 is 1.82 bits per heavy atom. The summed E-state index contributed by atoms with van der Waals surface area (Å²) in [4.78, 5) is 11.6. The van der Waals surface area contributed by atoms with Gasteiger partial charge in [0.1, 0.15) is 5.60 Å². The van der Waals surface area contributed by atoms with Crippen LogP contribution in [0.1, 0.15) is 46.0 Å². The maximum atomic E-state index is 11.6. The fourth-order valence-electron chi connectivity index (χ4n) is 4.85. The van der Waals surface area contributed by atoms with Gasteiger partial charge in [-0.1, -0.05) is 20.4 Å². The van der Waals surface area contributed by atoms with E-state index in [4.69, 9.17) is 4.74 Å². The molecule has 0 saturated heterocycles. The monoisotopic (exact) mass is 234 g/mol. The fraction of sp³-hybridized carbons (Fsp3) is 0.800. The van der Waals surface area contributed by atoms with Crippen molar-refractivity contribution in [1.82, 2.24) is 0 Å². The standard InChI is InChI=1S/C15H22O2/c1-4-13(16)17-15-8-10-5-11(9-15)7-12(6-10)14(15,2)3/h4,10-12H,1,5-9H2,2-3H3. The van der Waals surface area contributed by atoms with Gasteiger partial charge in [-0.3, -0.25) is 0 Å². The molecule has 94 valence electrons. The summed E-state index contributed by atoms with van der Waals surface area (Å²) in [5.74, 6) is 2.09. The van der Waals surface area contributed by atoms with Crippen molar-refractivity contribution >= 4 is 5.97 Å². The number of esters is 1. The highest BCUT2D eigenvalue weighted by molar-refractivity contribution is 5.81. The molecule has 2 atom stereocenters. The number of rotatable bonds is 2. The van der Waals surface area contributed by atoms with Crippen molar-refractivity contribution in [3.05, 3.63) is 12.7 Å². The molecule has 4 fully saturated rings. The molecule has 4 rings (SSSR count). The lowest BCUT2D eigenvalue weighted by atomic mass is 9.44. The normalized spacial score (nSPS) is 45.6. The van der Waals surface area contributed by atoms with Gasteiger partial charge in [-0.15, -0.1) is 0 Å². The van der Waals surface area contributed by atoms with Crippen LogP contribution in [0.25, 0.3) is 0 Å². The molecule has 2 heteroatoms. The summed E-state index contributed by atoms with van der Waals surface area (Å²) in [5.41, 5.74) is -0.0634. The molecule has 4 saturated carbocycles. The quantitative estimate of drug-likeness (QED) is 0.541. The minimum Gasteiger partial charge on any atom is -0.455 e. The Bertz CT molecular complexity index is 355. The lowest BCUT2D eigenvalue weighted by molar-refractivity contribution is -0.231. The first-order chi connectivity index (χ1) is 7.97. The van der Waals surface area contributed by atoms with Crippen LogP contribution in [0.4, 0.5) is 0 Å². The van der Waals surface area contributed by atoms with Crippen LogP contribution in [-0.2, 0) is 9.53 Å². The van der Waals surface area contributed by atoms with Gasteiger partial charge in [0.15, 0.2) is 0 Å². The Morgan fingerprint density at radius 3 is 2.35 bits per heavy atom. The third-order valence-corrected chi connectivity index (χ3v) is 5.80. The zero-order valence-electron chi connectivity index (χ0n) is 10.9. The van der Waals surface area contributed by atoms with E-state index in [-0.39, 0.29) is 17.0 Å². The van der Waals surface area contributed by atoms with Crippen molar-refractivity contribution in [2.24, 2.45) is 23.2 Å². The lowest BCUT2D eigenvalue weighted by Crippen LogP contribution is -2.63. The SMILES string of the molecule is C=CC(=O)OC12CC3CC(CC(C3)C1(C)C)C2. The maximum Gasteiger partial charge on any atom is 0.330 e. The summed E-state index contributed by atoms with van der Waals surface area (Å²) in [6.45, 7) is 8.13. The van der Waals surface area contributed by atoms with Crippen molar-refractivity contribution in [3.63, 3.8) is 0 Å². The molecular weight excluding hydrogens is 212 g/mol. The second kappa shape index (κ2) is 3.37. The van der Waals surface area contributed by atoms with Crippen LogP contribution in [0.3, 0.4) is 0 Å². The van der Waals surface area contributed by atoms with Crippen LogP contribution >= 0.6 is 0 Å². The van der Waals surface area contributed by atoms with E-state index in [0.29, 0.717) is 0 Å². The average Bonchev–Trinajstić information content (AvgIpc) is 2.25. The van der Waals surface area contributed by atoms with E-state index in [0.717, 1.165) is 30.6 Å². The van der Waals surface area contributed by atoms with E-state index >= 15 is 0 Å². The molecule has 0 aliphatic heterocycles. The lowest BCUT2D eigenvalue weighted by Gasteiger charge is -2.64. The smallest absolute Gasteiger partial charge is 0.330 e. The van der Waals surface area contributed by atoms with Crippen molar-refractivity contribution < 1.29 is 9.53 Å². The van der Waals surface area contributed by atoms with E-state index in [1.165, 1.54) is 25.3 Å². The van der Waals surface area contributed by atoms with E-state index in [1.54, 1.807) is 0 Å². The van der Waals surface area contributed by atoms with Crippen LogP contribution in [0, 0.1) is 23.2 Å². The zero-order valence-corrected chi connectivity index (χ0v) is 10.9. The maximum absolute atomic E-state index is 11.6. The number of ether oxygens (including phenoxy) is 1. The van der Waals surface area contributed by atoms with E-state index in [9.17, 15) is 4.79 Å². The Morgan fingerprint density at radius 1 is 1.24 bits per heavy atom. The zero-order chi connectivity index (χ0) is 12.3. The topological polar surface area (TPSA) is 26.3 Å². The largest absolute Gasteiger partial charge is 0.455 e. The first kappa shape index (κ1) is 11.3. The minimum absolute atomic E-state index is 0.138. The van der Waals surface area contributed by atoms with Crippen LogP contribution in [-0.4, -0.2) is 11.6 Å². The molecule has 4 aliphatic carbocycles. The predicted molar refractivity (Wildman–Crippen MR) is 66.4 cm³/mol. The van der Waals surface area contributed by atoms with Gasteiger partial charge in [0.2, 0.25) is 0 Å². The highest BCUT2D eigenvalue weighted by Crippen LogP contribution is 2.65. The van der Waals surface area contributed by atoms with Crippen molar-refractivity contribution in [3.8, 4) is 0 Å². The van der Waals surface area contributed by atoms with Gasteiger partial charge >= 0.3 is 5.97 Å². The van der Waals surface area contributed by atoms with Crippen LogP contribution < -0.4 is 0 Å².